The molecule has 0 radical (unpaired) electrons. The van der Waals surface area contributed by atoms with Gasteiger partial charge in [0.15, 0.2) is 0 Å². The summed E-state index contributed by atoms with van der Waals surface area (Å²) in [6.07, 6.45) is 1.60. The molecule has 1 fully saturated rings. The molecule has 1 heterocycles. The number of rotatable bonds is 4. The Morgan fingerprint density at radius 3 is 2.40 bits per heavy atom. The molecule has 3 unspecified atom stereocenters. The Morgan fingerprint density at radius 2 is 1.90 bits per heavy atom. The summed E-state index contributed by atoms with van der Waals surface area (Å²) in [5.41, 5.74) is 0.243. The first-order valence-corrected chi connectivity index (χ1v) is 7.49. The summed E-state index contributed by atoms with van der Waals surface area (Å²) in [4.78, 5) is 25.8. The highest BCUT2D eigenvalue weighted by molar-refractivity contribution is 5.79. The van der Waals surface area contributed by atoms with Crippen LogP contribution in [0.5, 0.6) is 0 Å². The van der Waals surface area contributed by atoms with Crippen LogP contribution in [0.2, 0.25) is 0 Å². The van der Waals surface area contributed by atoms with Crippen molar-refractivity contribution in [1.82, 2.24) is 4.90 Å². The van der Waals surface area contributed by atoms with Gasteiger partial charge in [0.05, 0.1) is 13.0 Å². The predicted octanol–water partition coefficient (Wildman–Crippen LogP) is 2.72. The number of ether oxygens (including phenoxy) is 1. The Labute approximate surface area is 122 Å². The second kappa shape index (κ2) is 6.59. The van der Waals surface area contributed by atoms with Crippen LogP contribution in [0.25, 0.3) is 0 Å². The van der Waals surface area contributed by atoms with Crippen molar-refractivity contribution in [3.63, 3.8) is 0 Å². The van der Waals surface area contributed by atoms with Gasteiger partial charge in [-0.1, -0.05) is 34.6 Å². The standard InChI is InChI=1S/C16H29NO3/c1-11(8-16(3,4)5)7-14(18)17-9-12(2)13(10-17)15(19)20-6/h11-13H,7-10H2,1-6H3. The molecule has 0 aromatic rings. The number of carbonyl (C=O) groups is 2. The van der Waals surface area contributed by atoms with Crippen LogP contribution in [0.3, 0.4) is 0 Å². The fourth-order valence-corrected chi connectivity index (χ4v) is 3.17. The molecule has 116 valence electrons. The van der Waals surface area contributed by atoms with Gasteiger partial charge in [0.25, 0.3) is 0 Å². The smallest absolute Gasteiger partial charge is 0.310 e. The molecule has 4 heteroatoms. The third kappa shape index (κ3) is 4.80. The Balaban J connectivity index is 2.51. The van der Waals surface area contributed by atoms with Crippen molar-refractivity contribution in [2.24, 2.45) is 23.2 Å². The topological polar surface area (TPSA) is 46.6 Å². The molecule has 1 aliphatic heterocycles. The minimum Gasteiger partial charge on any atom is -0.469 e. The van der Waals surface area contributed by atoms with E-state index in [1.54, 1.807) is 0 Å². The van der Waals surface area contributed by atoms with E-state index in [-0.39, 0.29) is 29.1 Å². The van der Waals surface area contributed by atoms with Gasteiger partial charge in [0.2, 0.25) is 5.91 Å². The molecule has 0 saturated carbocycles. The molecule has 1 amide bonds. The van der Waals surface area contributed by atoms with Gasteiger partial charge in [-0.3, -0.25) is 9.59 Å². The SMILES string of the molecule is COC(=O)C1CN(C(=O)CC(C)CC(C)(C)C)CC1C. The number of carbonyl (C=O) groups excluding carboxylic acids is 2. The highest BCUT2D eigenvalue weighted by Gasteiger charge is 2.37. The third-order valence-electron chi connectivity index (χ3n) is 3.95. The highest BCUT2D eigenvalue weighted by atomic mass is 16.5. The van der Waals surface area contributed by atoms with E-state index >= 15 is 0 Å². The van der Waals surface area contributed by atoms with Crippen molar-refractivity contribution in [2.45, 2.75) is 47.5 Å². The number of methoxy groups -OCH3 is 1. The van der Waals surface area contributed by atoms with E-state index in [4.69, 9.17) is 4.74 Å². The number of esters is 1. The first kappa shape index (κ1) is 17.0. The summed E-state index contributed by atoms with van der Waals surface area (Å²) in [7, 11) is 1.41. The quantitative estimate of drug-likeness (QED) is 0.745. The Kier molecular flexibility index (Phi) is 5.60. The second-order valence-corrected chi connectivity index (χ2v) is 7.48. The predicted molar refractivity (Wildman–Crippen MR) is 79.1 cm³/mol. The van der Waals surface area contributed by atoms with E-state index in [0.29, 0.717) is 25.4 Å². The Hall–Kier alpha value is -1.06. The van der Waals surface area contributed by atoms with Crippen LogP contribution >= 0.6 is 0 Å². The van der Waals surface area contributed by atoms with Crippen LogP contribution in [0.4, 0.5) is 0 Å². The van der Waals surface area contributed by atoms with E-state index in [1.165, 1.54) is 7.11 Å². The Bertz CT molecular complexity index is 359. The lowest BCUT2D eigenvalue weighted by Gasteiger charge is -2.24. The summed E-state index contributed by atoms with van der Waals surface area (Å²) in [6, 6.07) is 0. The number of likely N-dealkylation sites (tertiary alicyclic amines) is 1. The van der Waals surface area contributed by atoms with Crippen LogP contribution in [0.15, 0.2) is 0 Å². The molecular weight excluding hydrogens is 254 g/mol. The zero-order valence-corrected chi connectivity index (χ0v) is 13.7. The first-order valence-electron chi connectivity index (χ1n) is 7.49. The van der Waals surface area contributed by atoms with Gasteiger partial charge in [0, 0.05) is 19.5 Å². The minimum absolute atomic E-state index is 0.165. The van der Waals surface area contributed by atoms with Crippen molar-refractivity contribution < 1.29 is 14.3 Å². The average Bonchev–Trinajstić information content (AvgIpc) is 2.67. The molecule has 20 heavy (non-hydrogen) atoms. The van der Waals surface area contributed by atoms with Crippen molar-refractivity contribution in [3.05, 3.63) is 0 Å². The number of nitrogens with zero attached hydrogens (tertiary/aromatic N) is 1. The fourth-order valence-electron chi connectivity index (χ4n) is 3.17. The van der Waals surface area contributed by atoms with E-state index in [2.05, 4.69) is 27.7 Å². The van der Waals surface area contributed by atoms with Gasteiger partial charge < -0.3 is 9.64 Å². The number of amides is 1. The monoisotopic (exact) mass is 283 g/mol. The number of hydrogen-bond acceptors (Lipinski definition) is 3. The largest absolute Gasteiger partial charge is 0.469 e. The molecule has 3 atom stereocenters. The minimum atomic E-state index is -0.199. The average molecular weight is 283 g/mol. The number of hydrogen-bond donors (Lipinski definition) is 0. The molecule has 0 aromatic carbocycles. The van der Waals surface area contributed by atoms with Crippen LogP contribution in [-0.2, 0) is 14.3 Å². The third-order valence-corrected chi connectivity index (χ3v) is 3.95. The molecular formula is C16H29NO3. The zero-order valence-electron chi connectivity index (χ0n) is 13.7. The normalized spacial score (nSPS) is 24.6. The lowest BCUT2D eigenvalue weighted by molar-refractivity contribution is -0.146. The van der Waals surface area contributed by atoms with Crippen molar-refractivity contribution in [2.75, 3.05) is 20.2 Å². The van der Waals surface area contributed by atoms with E-state index in [9.17, 15) is 9.59 Å². The molecule has 4 nitrogen and oxygen atoms in total. The van der Waals surface area contributed by atoms with Gasteiger partial charge in [0.1, 0.15) is 0 Å². The van der Waals surface area contributed by atoms with Crippen LogP contribution in [-0.4, -0.2) is 37.0 Å². The van der Waals surface area contributed by atoms with Gasteiger partial charge in [-0.05, 0) is 23.7 Å². The summed E-state index contributed by atoms with van der Waals surface area (Å²) in [6.45, 7) is 11.9. The molecule has 0 aromatic heterocycles. The molecule has 0 bridgehead atoms. The molecule has 0 spiro atoms. The zero-order chi connectivity index (χ0) is 15.5. The summed E-state index contributed by atoms with van der Waals surface area (Å²) < 4.78 is 4.80. The van der Waals surface area contributed by atoms with E-state index in [0.717, 1.165) is 6.42 Å². The van der Waals surface area contributed by atoms with Gasteiger partial charge in [-0.25, -0.2) is 0 Å². The van der Waals surface area contributed by atoms with Gasteiger partial charge in [-0.2, -0.15) is 0 Å². The van der Waals surface area contributed by atoms with Crippen molar-refractivity contribution in [3.8, 4) is 0 Å². The summed E-state index contributed by atoms with van der Waals surface area (Å²) in [5, 5.41) is 0. The molecule has 1 aliphatic rings. The maximum Gasteiger partial charge on any atom is 0.310 e. The maximum atomic E-state index is 12.3. The summed E-state index contributed by atoms with van der Waals surface area (Å²) >= 11 is 0. The maximum absolute atomic E-state index is 12.3. The molecule has 0 N–H and O–H groups in total. The molecule has 0 aliphatic carbocycles. The van der Waals surface area contributed by atoms with Crippen LogP contribution in [0, 0.1) is 23.2 Å². The van der Waals surface area contributed by atoms with Crippen molar-refractivity contribution in [1.29, 1.82) is 0 Å². The van der Waals surface area contributed by atoms with E-state index < -0.39 is 0 Å². The highest BCUT2D eigenvalue weighted by Crippen LogP contribution is 2.29. The molecule has 1 rings (SSSR count). The fraction of sp³-hybridized carbons (Fsp3) is 0.875. The second-order valence-electron chi connectivity index (χ2n) is 7.48. The lowest BCUT2D eigenvalue weighted by Crippen LogP contribution is -2.31. The lowest BCUT2D eigenvalue weighted by atomic mass is 9.84. The summed E-state index contributed by atoms with van der Waals surface area (Å²) in [5.74, 6) is 0.358. The first-order chi connectivity index (χ1) is 9.14. The van der Waals surface area contributed by atoms with E-state index in [1.807, 2.05) is 11.8 Å². The Morgan fingerprint density at radius 1 is 1.30 bits per heavy atom. The van der Waals surface area contributed by atoms with Crippen LogP contribution in [0.1, 0.15) is 47.5 Å². The van der Waals surface area contributed by atoms with Gasteiger partial charge >= 0.3 is 5.97 Å². The van der Waals surface area contributed by atoms with Crippen molar-refractivity contribution >= 4 is 11.9 Å². The molecule has 1 saturated heterocycles. The van der Waals surface area contributed by atoms with Gasteiger partial charge in [-0.15, -0.1) is 0 Å². The van der Waals surface area contributed by atoms with Crippen LogP contribution < -0.4 is 0 Å².